The van der Waals surface area contributed by atoms with E-state index in [0.717, 1.165) is 16.6 Å². The number of methoxy groups -OCH3 is 1. The van der Waals surface area contributed by atoms with Gasteiger partial charge in [-0.25, -0.2) is 0 Å². The highest BCUT2D eigenvalue weighted by Gasteiger charge is 2.11. The number of nitrogens with one attached hydrogen (secondary N) is 2. The first kappa shape index (κ1) is 15.9. The lowest BCUT2D eigenvalue weighted by molar-refractivity contribution is 0.405. The number of ether oxygens (including phenoxy) is 2. The van der Waals surface area contributed by atoms with Crippen molar-refractivity contribution in [2.45, 2.75) is 6.92 Å². The Morgan fingerprint density at radius 2 is 1.81 bits per heavy atom. The Bertz CT molecular complexity index is 1060. The van der Waals surface area contributed by atoms with Gasteiger partial charge in [-0.2, -0.15) is 15.1 Å². The van der Waals surface area contributed by atoms with Crippen molar-refractivity contribution in [1.29, 1.82) is 0 Å². The Balaban J connectivity index is 1.73. The number of anilines is 2. The molecule has 7 heteroatoms. The summed E-state index contributed by atoms with van der Waals surface area (Å²) in [6.45, 7) is 1.94. The van der Waals surface area contributed by atoms with Crippen LogP contribution in [0.1, 0.15) is 5.69 Å². The average molecular weight is 347 g/mol. The number of nitrogens with zero attached hydrogens (tertiary/aromatic N) is 3. The van der Waals surface area contributed by atoms with Gasteiger partial charge in [-0.15, -0.1) is 0 Å². The van der Waals surface area contributed by atoms with Gasteiger partial charge in [-0.1, -0.05) is 18.2 Å². The summed E-state index contributed by atoms with van der Waals surface area (Å²) in [6, 6.07) is 17.2. The van der Waals surface area contributed by atoms with Crippen LogP contribution in [0.4, 0.5) is 11.6 Å². The summed E-state index contributed by atoms with van der Waals surface area (Å²) in [6.07, 6.45) is 0. The fourth-order valence-electron chi connectivity index (χ4n) is 2.57. The number of benzene rings is 2. The van der Waals surface area contributed by atoms with E-state index in [4.69, 9.17) is 9.47 Å². The quantitative estimate of drug-likeness (QED) is 0.563. The van der Waals surface area contributed by atoms with E-state index in [1.807, 2.05) is 55.5 Å². The van der Waals surface area contributed by atoms with Gasteiger partial charge in [-0.05, 0) is 31.2 Å². The van der Waals surface area contributed by atoms with E-state index in [1.54, 1.807) is 13.2 Å². The standard InChI is InChI=1S/C19H17N5O2/c1-12-10-17(24-23-12)21-18-15-8-3-4-9-16(15)20-19(22-18)26-14-7-5-6-13(11-14)25-2/h3-11H,1-2H3,(H2,20,21,22,23,24). The molecule has 0 atom stereocenters. The minimum absolute atomic E-state index is 0.242. The van der Waals surface area contributed by atoms with Gasteiger partial charge in [0, 0.05) is 23.2 Å². The first-order valence-corrected chi connectivity index (χ1v) is 8.09. The van der Waals surface area contributed by atoms with E-state index in [2.05, 4.69) is 25.5 Å². The molecule has 2 N–H and O–H groups in total. The number of para-hydroxylation sites is 1. The Morgan fingerprint density at radius 3 is 2.62 bits per heavy atom. The number of hydrogen-bond donors (Lipinski definition) is 2. The van der Waals surface area contributed by atoms with E-state index >= 15 is 0 Å². The van der Waals surface area contributed by atoms with Gasteiger partial charge >= 0.3 is 6.01 Å². The fourth-order valence-corrected chi connectivity index (χ4v) is 2.57. The molecule has 0 aliphatic carbocycles. The third kappa shape index (κ3) is 3.27. The molecular formula is C19H17N5O2. The predicted octanol–water partition coefficient (Wildman–Crippen LogP) is 4.21. The minimum Gasteiger partial charge on any atom is -0.497 e. The van der Waals surface area contributed by atoms with Gasteiger partial charge in [0.2, 0.25) is 0 Å². The molecule has 2 aromatic heterocycles. The van der Waals surface area contributed by atoms with Gasteiger partial charge in [0.05, 0.1) is 12.6 Å². The van der Waals surface area contributed by atoms with E-state index < -0.39 is 0 Å². The van der Waals surface area contributed by atoms with Gasteiger partial charge in [0.1, 0.15) is 17.3 Å². The first-order valence-electron chi connectivity index (χ1n) is 8.09. The number of hydrogen-bond acceptors (Lipinski definition) is 6. The number of H-pyrrole nitrogens is 1. The van der Waals surface area contributed by atoms with Gasteiger partial charge in [0.15, 0.2) is 5.82 Å². The summed E-state index contributed by atoms with van der Waals surface area (Å²) in [7, 11) is 1.61. The smallest absolute Gasteiger partial charge is 0.324 e. The third-order valence-corrected chi connectivity index (χ3v) is 3.79. The molecule has 0 unspecified atom stereocenters. The lowest BCUT2D eigenvalue weighted by atomic mass is 10.2. The highest BCUT2D eigenvalue weighted by molar-refractivity contribution is 5.90. The lowest BCUT2D eigenvalue weighted by Crippen LogP contribution is -2.00. The maximum absolute atomic E-state index is 5.84. The van der Waals surface area contributed by atoms with Crippen molar-refractivity contribution < 1.29 is 9.47 Å². The molecule has 26 heavy (non-hydrogen) atoms. The summed E-state index contributed by atoms with van der Waals surface area (Å²) >= 11 is 0. The summed E-state index contributed by atoms with van der Waals surface area (Å²) in [5, 5.41) is 11.2. The van der Waals surface area contributed by atoms with Crippen LogP contribution in [-0.4, -0.2) is 27.3 Å². The molecule has 0 amide bonds. The second-order valence-electron chi connectivity index (χ2n) is 5.71. The summed E-state index contributed by atoms with van der Waals surface area (Å²) in [5.41, 5.74) is 1.73. The maximum atomic E-state index is 5.84. The lowest BCUT2D eigenvalue weighted by Gasteiger charge is -2.10. The zero-order chi connectivity index (χ0) is 17.9. The van der Waals surface area contributed by atoms with Crippen LogP contribution in [0, 0.1) is 6.92 Å². The van der Waals surface area contributed by atoms with Crippen LogP contribution >= 0.6 is 0 Å². The van der Waals surface area contributed by atoms with Crippen LogP contribution in [-0.2, 0) is 0 Å². The monoisotopic (exact) mass is 347 g/mol. The van der Waals surface area contributed by atoms with Gasteiger partial charge in [0.25, 0.3) is 0 Å². The molecule has 7 nitrogen and oxygen atoms in total. The SMILES string of the molecule is COc1cccc(Oc2nc(Nc3cc(C)[nH]n3)c3ccccc3n2)c1. The number of aromatic nitrogens is 4. The Morgan fingerprint density at radius 1 is 0.962 bits per heavy atom. The molecule has 0 aliphatic rings. The van der Waals surface area contributed by atoms with Gasteiger partial charge in [-0.3, -0.25) is 5.10 Å². The Kier molecular flexibility index (Phi) is 4.10. The molecule has 0 saturated heterocycles. The average Bonchev–Trinajstić information content (AvgIpc) is 3.07. The molecule has 0 fully saturated rings. The number of aromatic amines is 1. The Labute approximate surface area is 150 Å². The molecule has 0 saturated carbocycles. The Hall–Kier alpha value is -3.61. The predicted molar refractivity (Wildman–Crippen MR) is 99.2 cm³/mol. The summed E-state index contributed by atoms with van der Waals surface area (Å²) in [5.74, 6) is 2.61. The second-order valence-corrected chi connectivity index (χ2v) is 5.71. The summed E-state index contributed by atoms with van der Waals surface area (Å²) < 4.78 is 11.1. The number of aryl methyl sites for hydroxylation is 1. The maximum Gasteiger partial charge on any atom is 0.324 e. The molecule has 2 heterocycles. The van der Waals surface area contributed by atoms with Crippen LogP contribution < -0.4 is 14.8 Å². The number of rotatable bonds is 5. The molecule has 130 valence electrons. The molecule has 2 aromatic carbocycles. The van der Waals surface area contributed by atoms with Gasteiger partial charge < -0.3 is 14.8 Å². The number of fused-ring (bicyclic) bond motifs is 1. The second kappa shape index (κ2) is 6.72. The first-order chi connectivity index (χ1) is 12.7. The highest BCUT2D eigenvalue weighted by Crippen LogP contribution is 2.28. The molecule has 0 bridgehead atoms. The molecular weight excluding hydrogens is 330 g/mol. The van der Waals surface area contributed by atoms with Crippen LogP contribution in [0.3, 0.4) is 0 Å². The van der Waals surface area contributed by atoms with Crippen LogP contribution in [0.15, 0.2) is 54.6 Å². The summed E-state index contributed by atoms with van der Waals surface area (Å²) in [4.78, 5) is 9.01. The molecule has 0 aliphatic heterocycles. The van der Waals surface area contributed by atoms with Crippen molar-refractivity contribution in [1.82, 2.24) is 20.2 Å². The molecule has 4 aromatic rings. The largest absolute Gasteiger partial charge is 0.497 e. The zero-order valence-corrected chi connectivity index (χ0v) is 14.4. The van der Waals surface area contributed by atoms with E-state index in [-0.39, 0.29) is 6.01 Å². The van der Waals surface area contributed by atoms with Crippen molar-refractivity contribution in [3.63, 3.8) is 0 Å². The zero-order valence-electron chi connectivity index (χ0n) is 14.4. The minimum atomic E-state index is 0.242. The van der Waals surface area contributed by atoms with E-state index in [0.29, 0.717) is 23.1 Å². The van der Waals surface area contributed by atoms with E-state index in [9.17, 15) is 0 Å². The third-order valence-electron chi connectivity index (χ3n) is 3.79. The van der Waals surface area contributed by atoms with Crippen molar-refractivity contribution in [3.8, 4) is 17.5 Å². The normalized spacial score (nSPS) is 10.7. The molecule has 0 spiro atoms. The van der Waals surface area contributed by atoms with Crippen molar-refractivity contribution >= 4 is 22.5 Å². The van der Waals surface area contributed by atoms with Crippen LogP contribution in [0.2, 0.25) is 0 Å². The molecule has 0 radical (unpaired) electrons. The molecule has 4 rings (SSSR count). The topological polar surface area (TPSA) is 85.0 Å². The van der Waals surface area contributed by atoms with Crippen molar-refractivity contribution in [2.24, 2.45) is 0 Å². The van der Waals surface area contributed by atoms with Crippen LogP contribution in [0.25, 0.3) is 10.9 Å². The van der Waals surface area contributed by atoms with Crippen molar-refractivity contribution in [2.75, 3.05) is 12.4 Å². The van der Waals surface area contributed by atoms with Crippen LogP contribution in [0.5, 0.6) is 17.5 Å². The van der Waals surface area contributed by atoms with E-state index in [1.165, 1.54) is 0 Å². The fraction of sp³-hybridized carbons (Fsp3) is 0.105. The van der Waals surface area contributed by atoms with Crippen molar-refractivity contribution in [3.05, 3.63) is 60.3 Å². The highest BCUT2D eigenvalue weighted by atomic mass is 16.5.